The molecule has 1 amide bonds. The zero-order valence-electron chi connectivity index (χ0n) is 15.6. The highest BCUT2D eigenvalue weighted by Crippen LogP contribution is 2.28. The maximum absolute atomic E-state index is 12.2. The maximum atomic E-state index is 12.2. The fourth-order valence-electron chi connectivity index (χ4n) is 2.47. The van der Waals surface area contributed by atoms with E-state index in [2.05, 4.69) is 10.3 Å². The van der Waals surface area contributed by atoms with Crippen LogP contribution in [0.5, 0.6) is 11.5 Å². The number of hydrogen-bond acceptors (Lipinski definition) is 6. The minimum atomic E-state index is -0.327. The van der Waals surface area contributed by atoms with E-state index < -0.39 is 0 Å². The molecule has 2 aromatic carbocycles. The Labute approximate surface area is 167 Å². The number of aromatic nitrogens is 1. The molecule has 1 aromatic heterocycles. The molecule has 0 saturated heterocycles. The van der Waals surface area contributed by atoms with Gasteiger partial charge in [0.05, 0.1) is 12.3 Å². The Balaban J connectivity index is 1.60. The normalized spacial score (nSPS) is 10.4. The summed E-state index contributed by atoms with van der Waals surface area (Å²) in [4.78, 5) is 27.5. The van der Waals surface area contributed by atoms with Gasteiger partial charge in [-0.15, -0.1) is 11.3 Å². The Bertz CT molecular complexity index is 967. The predicted molar refractivity (Wildman–Crippen MR) is 109 cm³/mol. The van der Waals surface area contributed by atoms with E-state index >= 15 is 0 Å². The van der Waals surface area contributed by atoms with Crippen molar-refractivity contribution in [3.05, 3.63) is 59.0 Å². The first-order valence-electron chi connectivity index (χ1n) is 8.76. The van der Waals surface area contributed by atoms with Crippen molar-refractivity contribution in [2.45, 2.75) is 13.8 Å². The first-order valence-corrected chi connectivity index (χ1v) is 9.64. The maximum Gasteiger partial charge on any atom is 0.264 e. The predicted octanol–water partition coefficient (Wildman–Crippen LogP) is 4.35. The molecule has 0 aliphatic heterocycles. The SMILES string of the molecule is CCOc1cc(C=O)ccc1OCC(=O)Nc1nc(-c2ccc(C)cc2)cs1. The van der Waals surface area contributed by atoms with Gasteiger partial charge in [0.1, 0.15) is 6.29 Å². The summed E-state index contributed by atoms with van der Waals surface area (Å²) in [5.74, 6) is 0.504. The van der Waals surface area contributed by atoms with Gasteiger partial charge < -0.3 is 9.47 Å². The summed E-state index contributed by atoms with van der Waals surface area (Å²) in [7, 11) is 0. The quantitative estimate of drug-likeness (QED) is 0.573. The molecule has 0 spiro atoms. The first kappa shape index (κ1) is 19.6. The number of benzene rings is 2. The molecule has 0 aliphatic rings. The van der Waals surface area contributed by atoms with Gasteiger partial charge in [-0.3, -0.25) is 14.9 Å². The second-order valence-corrected chi connectivity index (χ2v) is 6.86. The van der Waals surface area contributed by atoms with Crippen molar-refractivity contribution >= 4 is 28.7 Å². The van der Waals surface area contributed by atoms with E-state index in [1.807, 2.05) is 43.5 Å². The minimum absolute atomic E-state index is 0.194. The molecule has 0 saturated carbocycles. The van der Waals surface area contributed by atoms with Crippen molar-refractivity contribution in [2.75, 3.05) is 18.5 Å². The van der Waals surface area contributed by atoms with E-state index in [9.17, 15) is 9.59 Å². The van der Waals surface area contributed by atoms with Crippen molar-refractivity contribution in [1.29, 1.82) is 0 Å². The average Bonchev–Trinajstić information content (AvgIpc) is 3.16. The fourth-order valence-corrected chi connectivity index (χ4v) is 3.21. The van der Waals surface area contributed by atoms with Crippen LogP contribution in [-0.4, -0.2) is 30.4 Å². The average molecular weight is 396 g/mol. The fraction of sp³-hybridized carbons (Fsp3) is 0.190. The lowest BCUT2D eigenvalue weighted by Crippen LogP contribution is -2.20. The second kappa shape index (κ2) is 9.14. The van der Waals surface area contributed by atoms with Gasteiger partial charge in [0, 0.05) is 16.5 Å². The van der Waals surface area contributed by atoms with Crippen LogP contribution in [0.15, 0.2) is 47.8 Å². The number of carbonyl (C=O) groups excluding carboxylic acids is 2. The van der Waals surface area contributed by atoms with Gasteiger partial charge in [-0.2, -0.15) is 0 Å². The minimum Gasteiger partial charge on any atom is -0.490 e. The third-order valence-electron chi connectivity index (χ3n) is 3.86. The topological polar surface area (TPSA) is 77.5 Å². The van der Waals surface area contributed by atoms with E-state index in [4.69, 9.17) is 9.47 Å². The standard InChI is InChI=1S/C21H20N2O4S/c1-3-26-19-10-15(11-24)6-9-18(19)27-12-20(25)23-21-22-17(13-28-21)16-7-4-14(2)5-8-16/h4-11,13H,3,12H2,1-2H3,(H,22,23,25). The number of carbonyl (C=O) groups is 2. The molecule has 28 heavy (non-hydrogen) atoms. The number of ether oxygens (including phenoxy) is 2. The van der Waals surface area contributed by atoms with Crippen LogP contribution in [0.4, 0.5) is 5.13 Å². The van der Waals surface area contributed by atoms with E-state index in [-0.39, 0.29) is 12.5 Å². The number of nitrogens with one attached hydrogen (secondary N) is 1. The van der Waals surface area contributed by atoms with Crippen molar-refractivity contribution < 1.29 is 19.1 Å². The van der Waals surface area contributed by atoms with Crippen molar-refractivity contribution in [3.8, 4) is 22.8 Å². The molecule has 6 nitrogen and oxygen atoms in total. The summed E-state index contributed by atoms with van der Waals surface area (Å²) < 4.78 is 11.0. The smallest absolute Gasteiger partial charge is 0.264 e. The lowest BCUT2D eigenvalue weighted by atomic mass is 10.1. The van der Waals surface area contributed by atoms with Gasteiger partial charge in [0.2, 0.25) is 0 Å². The summed E-state index contributed by atoms with van der Waals surface area (Å²) in [6, 6.07) is 12.8. The number of rotatable bonds is 8. The van der Waals surface area contributed by atoms with Crippen LogP contribution in [0.3, 0.4) is 0 Å². The molecule has 3 aromatic rings. The molecule has 0 aliphatic carbocycles. The van der Waals surface area contributed by atoms with Gasteiger partial charge >= 0.3 is 0 Å². The molecule has 0 atom stereocenters. The Morgan fingerprint density at radius 2 is 1.93 bits per heavy atom. The third-order valence-corrected chi connectivity index (χ3v) is 4.62. The zero-order valence-corrected chi connectivity index (χ0v) is 16.4. The van der Waals surface area contributed by atoms with Gasteiger partial charge in [-0.25, -0.2) is 4.98 Å². The van der Waals surface area contributed by atoms with Crippen molar-refractivity contribution in [3.63, 3.8) is 0 Å². The third kappa shape index (κ3) is 4.95. The van der Waals surface area contributed by atoms with Crippen LogP contribution in [-0.2, 0) is 4.79 Å². The summed E-state index contributed by atoms with van der Waals surface area (Å²) >= 11 is 1.35. The van der Waals surface area contributed by atoms with Gasteiger partial charge in [0.15, 0.2) is 23.2 Å². The van der Waals surface area contributed by atoms with Crippen LogP contribution in [0.25, 0.3) is 11.3 Å². The molecule has 3 rings (SSSR count). The Kier molecular flexibility index (Phi) is 6.39. The Hall–Kier alpha value is -3.19. The van der Waals surface area contributed by atoms with Crippen molar-refractivity contribution in [2.24, 2.45) is 0 Å². The molecule has 1 heterocycles. The molecule has 0 fully saturated rings. The molecular formula is C21H20N2O4S. The van der Waals surface area contributed by atoms with E-state index in [0.29, 0.717) is 28.8 Å². The van der Waals surface area contributed by atoms with Crippen LogP contribution < -0.4 is 14.8 Å². The van der Waals surface area contributed by atoms with Crippen LogP contribution in [0.1, 0.15) is 22.8 Å². The molecule has 0 radical (unpaired) electrons. The molecule has 0 bridgehead atoms. The summed E-state index contributed by atoms with van der Waals surface area (Å²) in [5.41, 5.74) is 3.46. The largest absolute Gasteiger partial charge is 0.490 e. The van der Waals surface area contributed by atoms with Crippen LogP contribution in [0, 0.1) is 6.92 Å². The first-order chi connectivity index (χ1) is 13.6. The number of anilines is 1. The highest BCUT2D eigenvalue weighted by molar-refractivity contribution is 7.14. The number of aryl methyl sites for hydroxylation is 1. The molecule has 7 heteroatoms. The lowest BCUT2D eigenvalue weighted by Gasteiger charge is -2.11. The summed E-state index contributed by atoms with van der Waals surface area (Å²) in [6.07, 6.45) is 0.729. The highest BCUT2D eigenvalue weighted by Gasteiger charge is 2.11. The van der Waals surface area contributed by atoms with E-state index in [1.54, 1.807) is 18.2 Å². The Morgan fingerprint density at radius 1 is 1.14 bits per heavy atom. The Morgan fingerprint density at radius 3 is 2.64 bits per heavy atom. The van der Waals surface area contributed by atoms with Gasteiger partial charge in [-0.1, -0.05) is 29.8 Å². The number of aldehydes is 1. The van der Waals surface area contributed by atoms with Gasteiger partial charge in [0.25, 0.3) is 5.91 Å². The van der Waals surface area contributed by atoms with E-state index in [0.717, 1.165) is 17.5 Å². The van der Waals surface area contributed by atoms with Gasteiger partial charge in [-0.05, 0) is 32.0 Å². The molecular weight excluding hydrogens is 376 g/mol. The number of hydrogen-bond donors (Lipinski definition) is 1. The second-order valence-electron chi connectivity index (χ2n) is 6.00. The van der Waals surface area contributed by atoms with Crippen LogP contribution >= 0.6 is 11.3 Å². The number of thiazole rings is 1. The monoisotopic (exact) mass is 396 g/mol. The van der Waals surface area contributed by atoms with E-state index in [1.165, 1.54) is 16.9 Å². The van der Waals surface area contributed by atoms with Crippen LogP contribution in [0.2, 0.25) is 0 Å². The number of amides is 1. The zero-order chi connectivity index (χ0) is 19.9. The summed E-state index contributed by atoms with van der Waals surface area (Å²) in [6.45, 7) is 4.09. The number of nitrogens with zero attached hydrogens (tertiary/aromatic N) is 1. The molecule has 144 valence electrons. The lowest BCUT2D eigenvalue weighted by molar-refractivity contribution is -0.118. The highest BCUT2D eigenvalue weighted by atomic mass is 32.1. The molecule has 0 unspecified atom stereocenters. The molecule has 1 N–H and O–H groups in total. The summed E-state index contributed by atoms with van der Waals surface area (Å²) in [5, 5.41) is 5.13. The van der Waals surface area contributed by atoms with Crippen molar-refractivity contribution in [1.82, 2.24) is 4.98 Å².